The molecule has 0 aliphatic carbocycles. The molecule has 2 aromatic heterocycles. The van der Waals surface area contributed by atoms with Crippen LogP contribution in [0.3, 0.4) is 0 Å². The summed E-state index contributed by atoms with van der Waals surface area (Å²) in [7, 11) is 0. The Morgan fingerprint density at radius 2 is 1.97 bits per heavy atom. The average molecular weight is 542 g/mol. The first-order valence-corrected chi connectivity index (χ1v) is 13.6. The molecule has 0 spiro atoms. The molecule has 1 saturated heterocycles. The van der Waals surface area contributed by atoms with E-state index < -0.39 is 0 Å². The normalized spacial score (nSPS) is 15.8. The van der Waals surface area contributed by atoms with Crippen LogP contribution in [0.2, 0.25) is 5.02 Å². The topological polar surface area (TPSA) is 63.9 Å². The molecule has 188 valence electrons. The molecule has 9 heteroatoms. The van der Waals surface area contributed by atoms with Crippen LogP contribution in [0.15, 0.2) is 52.3 Å². The lowest BCUT2D eigenvalue weighted by Crippen LogP contribution is -2.33. The largest absolute Gasteiger partial charge is 0.437 e. The molecule has 0 N–H and O–H groups in total. The number of aryl methyl sites for hydroxylation is 1. The van der Waals surface area contributed by atoms with Crippen LogP contribution in [0.5, 0.6) is 11.6 Å². The minimum Gasteiger partial charge on any atom is -0.437 e. The van der Waals surface area contributed by atoms with E-state index in [4.69, 9.17) is 28.6 Å². The van der Waals surface area contributed by atoms with Crippen molar-refractivity contribution < 1.29 is 9.53 Å². The molecule has 1 fully saturated rings. The van der Waals surface area contributed by atoms with E-state index in [0.717, 1.165) is 31.2 Å². The van der Waals surface area contributed by atoms with Crippen molar-refractivity contribution in [2.45, 2.75) is 46.5 Å². The van der Waals surface area contributed by atoms with Gasteiger partial charge in [0.2, 0.25) is 5.88 Å². The summed E-state index contributed by atoms with van der Waals surface area (Å²) in [5, 5.41) is 0.388. The summed E-state index contributed by atoms with van der Waals surface area (Å²) in [5.74, 6) is 0.634. The van der Waals surface area contributed by atoms with Crippen LogP contribution < -0.4 is 10.3 Å². The number of nitrogens with zero attached hydrogens (tertiary/aromatic N) is 3. The summed E-state index contributed by atoms with van der Waals surface area (Å²) in [6.07, 6.45) is 7.45. The highest BCUT2D eigenvalue weighted by molar-refractivity contribution is 8.26. The number of unbranched alkanes of at least 4 members (excludes halogenated alkanes) is 1. The van der Waals surface area contributed by atoms with Gasteiger partial charge in [-0.1, -0.05) is 86.9 Å². The number of carbonyl (C=O) groups excluding carboxylic acids is 1. The molecule has 0 bridgehead atoms. The molecule has 1 aliphatic rings. The van der Waals surface area contributed by atoms with E-state index in [1.54, 1.807) is 47.5 Å². The number of hydrogen-bond acceptors (Lipinski definition) is 6. The molecular formula is C27H28ClN3O3S2. The van der Waals surface area contributed by atoms with E-state index in [9.17, 15) is 9.59 Å². The molecule has 0 saturated carbocycles. The molecule has 6 nitrogen and oxygen atoms in total. The van der Waals surface area contributed by atoms with Crippen molar-refractivity contribution in [3.05, 3.63) is 74.0 Å². The van der Waals surface area contributed by atoms with Crippen LogP contribution in [0.1, 0.15) is 50.7 Å². The Kier molecular flexibility index (Phi) is 8.49. The summed E-state index contributed by atoms with van der Waals surface area (Å²) in [4.78, 5) is 33.6. The molecule has 0 radical (unpaired) electrons. The van der Waals surface area contributed by atoms with Gasteiger partial charge in [0.1, 0.15) is 21.3 Å². The third-order valence-electron chi connectivity index (χ3n) is 6.23. The van der Waals surface area contributed by atoms with Gasteiger partial charge in [0.15, 0.2) is 0 Å². The highest BCUT2D eigenvalue weighted by Gasteiger charge is 2.34. The van der Waals surface area contributed by atoms with Crippen molar-refractivity contribution in [3.63, 3.8) is 0 Å². The fraction of sp³-hybridized carbons (Fsp3) is 0.333. The van der Waals surface area contributed by atoms with Crippen LogP contribution in [0.25, 0.3) is 11.7 Å². The van der Waals surface area contributed by atoms with Crippen molar-refractivity contribution >= 4 is 57.5 Å². The van der Waals surface area contributed by atoms with Gasteiger partial charge in [-0.15, -0.1) is 0 Å². The van der Waals surface area contributed by atoms with Crippen LogP contribution in [-0.2, 0) is 4.79 Å². The number of thioether (sulfide) groups is 1. The number of aromatic nitrogens is 2. The maximum atomic E-state index is 13.6. The Balaban J connectivity index is 1.76. The van der Waals surface area contributed by atoms with Crippen LogP contribution in [0, 0.1) is 12.8 Å². The maximum absolute atomic E-state index is 13.6. The van der Waals surface area contributed by atoms with Crippen molar-refractivity contribution in [1.29, 1.82) is 0 Å². The Morgan fingerprint density at radius 1 is 1.19 bits per heavy atom. The third kappa shape index (κ3) is 5.51. The number of thiocarbonyl (C=S) groups is 1. The van der Waals surface area contributed by atoms with E-state index in [0.29, 0.717) is 38.1 Å². The molecule has 1 aromatic carbocycles. The van der Waals surface area contributed by atoms with Gasteiger partial charge in [-0.05, 0) is 49.1 Å². The van der Waals surface area contributed by atoms with Crippen molar-refractivity contribution in [1.82, 2.24) is 14.3 Å². The van der Waals surface area contributed by atoms with Gasteiger partial charge in [-0.25, -0.2) is 0 Å². The zero-order valence-corrected chi connectivity index (χ0v) is 22.9. The van der Waals surface area contributed by atoms with Crippen LogP contribution in [-0.4, -0.2) is 31.1 Å². The number of rotatable bonds is 9. The molecule has 4 rings (SSSR count). The first kappa shape index (κ1) is 26.4. The van der Waals surface area contributed by atoms with E-state index in [2.05, 4.69) is 18.8 Å². The number of amides is 1. The van der Waals surface area contributed by atoms with Crippen LogP contribution in [0.4, 0.5) is 0 Å². The third-order valence-corrected chi connectivity index (χ3v) is 7.92. The number of carbonyl (C=O) groups is 1. The summed E-state index contributed by atoms with van der Waals surface area (Å²) < 4.78 is 8.00. The number of ether oxygens (including phenoxy) is 1. The Hall–Kier alpha value is -2.68. The Morgan fingerprint density at radius 3 is 2.69 bits per heavy atom. The number of halogens is 1. The quantitative estimate of drug-likeness (QED) is 0.218. The highest BCUT2D eigenvalue weighted by atomic mass is 35.5. The second-order valence-corrected chi connectivity index (χ2v) is 10.8. The second-order valence-electron chi connectivity index (χ2n) is 8.76. The van der Waals surface area contributed by atoms with Gasteiger partial charge in [0.25, 0.3) is 11.5 Å². The number of benzene rings is 1. The van der Waals surface area contributed by atoms with E-state index in [1.165, 1.54) is 16.2 Å². The van der Waals surface area contributed by atoms with Gasteiger partial charge >= 0.3 is 0 Å². The predicted octanol–water partition coefficient (Wildman–Crippen LogP) is 6.87. The summed E-state index contributed by atoms with van der Waals surface area (Å²) in [6, 6.07) is 10.6. The Labute approximate surface area is 225 Å². The lowest BCUT2D eigenvalue weighted by Gasteiger charge is -2.21. The molecule has 3 aromatic rings. The monoisotopic (exact) mass is 541 g/mol. The summed E-state index contributed by atoms with van der Waals surface area (Å²) in [5.41, 5.74) is 1.10. The second kappa shape index (κ2) is 11.6. The summed E-state index contributed by atoms with van der Waals surface area (Å²) in [6.45, 7) is 6.74. The van der Waals surface area contributed by atoms with Gasteiger partial charge in [0.05, 0.1) is 9.93 Å². The fourth-order valence-electron chi connectivity index (χ4n) is 4.09. The first-order valence-electron chi connectivity index (χ1n) is 12.0. The van der Waals surface area contributed by atoms with Crippen molar-refractivity contribution in [2.24, 2.45) is 5.92 Å². The number of pyridine rings is 1. The predicted molar refractivity (Wildman–Crippen MR) is 151 cm³/mol. The maximum Gasteiger partial charge on any atom is 0.269 e. The average Bonchev–Trinajstić information content (AvgIpc) is 3.13. The van der Waals surface area contributed by atoms with E-state index in [-0.39, 0.29) is 22.9 Å². The van der Waals surface area contributed by atoms with E-state index in [1.807, 2.05) is 13.0 Å². The molecule has 1 aliphatic heterocycles. The van der Waals surface area contributed by atoms with Crippen molar-refractivity contribution in [3.8, 4) is 11.6 Å². The smallest absolute Gasteiger partial charge is 0.269 e. The minimum absolute atomic E-state index is 0.0852. The minimum atomic E-state index is -0.342. The molecule has 3 heterocycles. The number of para-hydroxylation sites is 1. The molecule has 36 heavy (non-hydrogen) atoms. The first-order chi connectivity index (χ1) is 17.3. The molecule has 1 atom stereocenters. The summed E-state index contributed by atoms with van der Waals surface area (Å²) >= 11 is 13.1. The van der Waals surface area contributed by atoms with Gasteiger partial charge < -0.3 is 4.74 Å². The van der Waals surface area contributed by atoms with Gasteiger partial charge in [-0.3, -0.25) is 18.9 Å². The Bertz CT molecular complexity index is 1400. The molecule has 1 amide bonds. The molecule has 1 unspecified atom stereocenters. The fourth-order valence-corrected chi connectivity index (χ4v) is 5.52. The zero-order valence-electron chi connectivity index (χ0n) is 20.5. The number of hydrogen-bond donors (Lipinski definition) is 0. The SMILES string of the molecule is CCCCC(CC)CN1C(=O)/C(=C\c2c(Oc3ccccc3Cl)nc3c(C)cccn3c2=O)SC1=S. The van der Waals surface area contributed by atoms with E-state index >= 15 is 0 Å². The lowest BCUT2D eigenvalue weighted by atomic mass is 9.99. The van der Waals surface area contributed by atoms with Crippen LogP contribution >= 0.6 is 35.6 Å². The van der Waals surface area contributed by atoms with Crippen molar-refractivity contribution in [2.75, 3.05) is 6.54 Å². The lowest BCUT2D eigenvalue weighted by molar-refractivity contribution is -0.122. The standard InChI is InChI=1S/C27H28ClN3O3S2/c1-4-6-11-18(5-2)16-31-26(33)22(36-27(31)35)15-19-24(34-21-13-8-7-12-20(21)28)29-23-17(3)10-9-14-30(23)25(19)32/h7-10,12-15,18H,4-6,11,16H2,1-3H3/b22-15+. The molecular weight excluding hydrogens is 514 g/mol. The number of fused-ring (bicyclic) bond motifs is 1. The zero-order chi connectivity index (χ0) is 25.8. The van der Waals surface area contributed by atoms with Gasteiger partial charge in [-0.2, -0.15) is 4.98 Å². The van der Waals surface area contributed by atoms with Gasteiger partial charge in [0, 0.05) is 12.7 Å². The highest BCUT2D eigenvalue weighted by Crippen LogP contribution is 2.36.